The van der Waals surface area contributed by atoms with E-state index in [9.17, 15) is 19.5 Å². The van der Waals surface area contributed by atoms with Crippen molar-refractivity contribution in [1.82, 2.24) is 0 Å². The van der Waals surface area contributed by atoms with Crippen LogP contribution in [0, 0.1) is 0 Å². The van der Waals surface area contributed by atoms with E-state index < -0.39 is 18.1 Å². The van der Waals surface area contributed by atoms with Gasteiger partial charge in [0, 0.05) is 19.3 Å². The van der Waals surface area contributed by atoms with Crippen molar-refractivity contribution in [2.75, 3.05) is 41.0 Å². The van der Waals surface area contributed by atoms with Crippen molar-refractivity contribution in [2.24, 2.45) is 0 Å². The highest BCUT2D eigenvalue weighted by atomic mass is 16.6. The van der Waals surface area contributed by atoms with Crippen molar-refractivity contribution in [2.45, 2.75) is 219 Å². The fourth-order valence-corrected chi connectivity index (χ4v) is 7.16. The van der Waals surface area contributed by atoms with Gasteiger partial charge in [-0.3, -0.25) is 9.59 Å². The molecule has 0 aliphatic carbocycles. The first-order valence-corrected chi connectivity index (χ1v) is 24.9. The Hall–Kier alpha value is -2.97. The lowest BCUT2D eigenvalue weighted by Crippen LogP contribution is -2.50. The van der Waals surface area contributed by atoms with Gasteiger partial charge in [-0.15, -0.1) is 0 Å². The Balaban J connectivity index is 4.26. The Morgan fingerprint density at radius 3 is 1.41 bits per heavy atom. The summed E-state index contributed by atoms with van der Waals surface area (Å²) in [6.07, 6.45) is 54.2. The molecule has 0 fully saturated rings. The van der Waals surface area contributed by atoms with Crippen LogP contribution >= 0.6 is 0 Å². The summed E-state index contributed by atoms with van der Waals surface area (Å²) in [6.45, 7) is 4.58. The van der Waals surface area contributed by atoms with Gasteiger partial charge in [0.15, 0.2) is 12.1 Å². The largest absolute Gasteiger partial charge is 0.477 e. The highest BCUT2D eigenvalue weighted by Gasteiger charge is 2.31. The van der Waals surface area contributed by atoms with E-state index in [4.69, 9.17) is 14.2 Å². The lowest BCUT2D eigenvalue weighted by Gasteiger charge is -2.31. The van der Waals surface area contributed by atoms with Gasteiger partial charge < -0.3 is 23.8 Å². The van der Waals surface area contributed by atoms with Crippen molar-refractivity contribution < 1.29 is 38.2 Å². The number of hydrogen-bond acceptors (Lipinski definition) is 6. The summed E-state index contributed by atoms with van der Waals surface area (Å²) < 4.78 is 17.3. The molecular formula is C53H94NO7+. The molecule has 2 atom stereocenters. The Bertz CT molecular complexity index is 1180. The van der Waals surface area contributed by atoms with Crippen LogP contribution in [0.1, 0.15) is 206 Å². The van der Waals surface area contributed by atoms with Crippen molar-refractivity contribution >= 4 is 17.9 Å². The number of carboxylic acids is 1. The minimum Gasteiger partial charge on any atom is -0.477 e. The van der Waals surface area contributed by atoms with E-state index in [2.05, 4.69) is 50.3 Å². The van der Waals surface area contributed by atoms with Crippen LogP contribution in [0.5, 0.6) is 0 Å². The van der Waals surface area contributed by atoms with E-state index in [0.29, 0.717) is 19.3 Å². The zero-order valence-electron chi connectivity index (χ0n) is 40.1. The predicted molar refractivity (Wildman–Crippen MR) is 257 cm³/mol. The molecule has 0 rings (SSSR count). The van der Waals surface area contributed by atoms with Crippen molar-refractivity contribution in [3.8, 4) is 0 Å². The minimum absolute atomic E-state index is 0.0482. The topological polar surface area (TPSA) is 99.1 Å². The molecule has 0 radical (unpaired) electrons. The number of ether oxygens (including phenoxy) is 3. The molecule has 0 saturated carbocycles. The third-order valence-electron chi connectivity index (χ3n) is 11.0. The number of carbonyl (C=O) groups is 3. The second-order valence-corrected chi connectivity index (χ2v) is 17.8. The number of aliphatic carboxylic acids is 1. The first kappa shape index (κ1) is 58.0. The lowest BCUT2D eigenvalue weighted by atomic mass is 10.0. The zero-order chi connectivity index (χ0) is 44.9. The monoisotopic (exact) mass is 857 g/mol. The zero-order valence-corrected chi connectivity index (χ0v) is 40.1. The van der Waals surface area contributed by atoms with Crippen molar-refractivity contribution in [3.63, 3.8) is 0 Å². The van der Waals surface area contributed by atoms with Crippen LogP contribution in [0.4, 0.5) is 0 Å². The van der Waals surface area contributed by atoms with Gasteiger partial charge in [0.1, 0.15) is 6.61 Å². The summed E-state index contributed by atoms with van der Waals surface area (Å²) in [7, 11) is 5.52. The number of likely N-dealkylation sites (N-methyl/N-ethyl adjacent to an activating group) is 1. The minimum atomic E-state index is -0.881. The number of unbranched alkanes of at least 4 members (excludes halogenated alkanes) is 23. The maximum absolute atomic E-state index is 12.7. The second-order valence-electron chi connectivity index (χ2n) is 17.8. The molecule has 1 N–H and O–H groups in total. The van der Waals surface area contributed by atoms with Crippen LogP contribution in [0.2, 0.25) is 0 Å². The first-order valence-electron chi connectivity index (χ1n) is 24.9. The first-order chi connectivity index (χ1) is 29.6. The molecule has 0 saturated heterocycles. The van der Waals surface area contributed by atoms with Crippen LogP contribution in [0.15, 0.2) is 60.8 Å². The average molecular weight is 857 g/mol. The average Bonchev–Trinajstić information content (AvgIpc) is 3.22. The highest BCUT2D eigenvalue weighted by molar-refractivity contribution is 5.72. The van der Waals surface area contributed by atoms with E-state index in [1.165, 1.54) is 109 Å². The third-order valence-corrected chi connectivity index (χ3v) is 11.0. The summed E-state index contributed by atoms with van der Waals surface area (Å²) in [5, 5.41) is 9.64. The van der Waals surface area contributed by atoms with Crippen LogP contribution in [-0.2, 0) is 28.6 Å². The lowest BCUT2D eigenvalue weighted by molar-refractivity contribution is -0.887. The number of nitrogens with zero attached hydrogens (tertiary/aromatic N) is 1. The quantitative estimate of drug-likeness (QED) is 0.0214. The molecule has 0 aliphatic heterocycles. The molecule has 0 heterocycles. The van der Waals surface area contributed by atoms with Crippen LogP contribution < -0.4 is 0 Å². The van der Waals surface area contributed by atoms with Crippen LogP contribution in [0.25, 0.3) is 0 Å². The van der Waals surface area contributed by atoms with Gasteiger partial charge in [0.05, 0.1) is 34.4 Å². The van der Waals surface area contributed by atoms with Gasteiger partial charge in [0.2, 0.25) is 0 Å². The van der Waals surface area contributed by atoms with Crippen LogP contribution in [0.3, 0.4) is 0 Å². The Morgan fingerprint density at radius 1 is 0.508 bits per heavy atom. The molecule has 0 bridgehead atoms. The van der Waals surface area contributed by atoms with E-state index in [1.54, 1.807) is 0 Å². The van der Waals surface area contributed by atoms with Crippen molar-refractivity contribution in [3.05, 3.63) is 60.8 Å². The molecule has 8 heteroatoms. The van der Waals surface area contributed by atoms with E-state index in [-0.39, 0.29) is 36.2 Å². The molecule has 0 aromatic heterocycles. The van der Waals surface area contributed by atoms with Gasteiger partial charge in [-0.1, -0.05) is 190 Å². The second kappa shape index (κ2) is 43.7. The molecule has 0 amide bonds. The maximum Gasteiger partial charge on any atom is 0.362 e. The molecule has 2 unspecified atom stereocenters. The smallest absolute Gasteiger partial charge is 0.362 e. The molecule has 352 valence electrons. The number of allylic oxidation sites excluding steroid dienone is 10. The number of quaternary nitrogens is 1. The van der Waals surface area contributed by atoms with E-state index >= 15 is 0 Å². The van der Waals surface area contributed by atoms with Gasteiger partial charge in [0.25, 0.3) is 0 Å². The number of esters is 2. The normalized spacial score (nSPS) is 13.4. The molecule has 0 aromatic carbocycles. The molecule has 61 heavy (non-hydrogen) atoms. The van der Waals surface area contributed by atoms with E-state index in [1.807, 2.05) is 45.4 Å². The molecular weight excluding hydrogens is 763 g/mol. The summed E-state index contributed by atoms with van der Waals surface area (Å²) in [5.74, 6) is -1.50. The molecule has 8 nitrogen and oxygen atoms in total. The number of carbonyl (C=O) groups excluding carboxylic acids is 2. The van der Waals surface area contributed by atoms with Gasteiger partial charge in [-0.25, -0.2) is 4.79 Å². The standard InChI is InChI=1S/C53H93NO7/c1-6-8-10-12-14-16-18-20-22-23-24-25-26-27-28-30-31-33-35-37-39-41-43-51(55)60-48-49(47-59-46-45-50(53(57)58)54(3,4)5)61-52(56)44-42-40-38-36-34-32-29-21-19-17-15-13-11-9-7-2/h9,11,13,15,17,19,21,26-27,29,49-50H,6-8,10,12,14,16,18,20,22-25,28,30-48H2,1-5H3/p+1/b11-9+,15-13+,19-17+,27-26+,29-21+. The molecule has 0 spiro atoms. The number of rotatable bonds is 44. The third kappa shape index (κ3) is 42.1. The summed E-state index contributed by atoms with van der Waals surface area (Å²) in [5.41, 5.74) is 0. The Morgan fingerprint density at radius 2 is 0.934 bits per heavy atom. The molecule has 0 aromatic rings. The van der Waals surface area contributed by atoms with Gasteiger partial charge in [-0.2, -0.15) is 0 Å². The van der Waals surface area contributed by atoms with Crippen molar-refractivity contribution in [1.29, 1.82) is 0 Å². The summed E-state index contributed by atoms with van der Waals surface area (Å²) in [6, 6.07) is -0.622. The fraction of sp³-hybridized carbons (Fsp3) is 0.755. The van der Waals surface area contributed by atoms with Crippen LogP contribution in [-0.4, -0.2) is 80.6 Å². The number of carboxylic acid groups (broad SMARTS) is 1. The summed E-state index contributed by atoms with van der Waals surface area (Å²) >= 11 is 0. The highest BCUT2D eigenvalue weighted by Crippen LogP contribution is 2.15. The summed E-state index contributed by atoms with van der Waals surface area (Å²) in [4.78, 5) is 37.1. The number of hydrogen-bond donors (Lipinski definition) is 1. The van der Waals surface area contributed by atoms with Gasteiger partial charge >= 0.3 is 17.9 Å². The van der Waals surface area contributed by atoms with E-state index in [0.717, 1.165) is 64.2 Å². The fourth-order valence-electron chi connectivity index (χ4n) is 7.16. The Labute approximate surface area is 375 Å². The maximum atomic E-state index is 12.7. The van der Waals surface area contributed by atoms with Gasteiger partial charge in [-0.05, 0) is 57.8 Å². The molecule has 0 aliphatic rings. The Kier molecular flexibility index (Phi) is 41.5. The SMILES string of the molecule is CC/C=C/C=C/C=C/C=C/CCCCCCCC(=O)OC(COCCC(C(=O)O)[N+](C)(C)C)COC(=O)CCCCCCCCC/C=C/CCCCCCCCCCCCC. The predicted octanol–water partition coefficient (Wildman–Crippen LogP) is 14.1.